The van der Waals surface area contributed by atoms with Crippen LogP contribution in [0.3, 0.4) is 0 Å². The molecule has 0 heterocycles. The average Bonchev–Trinajstić information content (AvgIpc) is 2.54. The van der Waals surface area contributed by atoms with E-state index >= 15 is 0 Å². The summed E-state index contributed by atoms with van der Waals surface area (Å²) in [7, 11) is 0. The van der Waals surface area contributed by atoms with Gasteiger partial charge in [-0.25, -0.2) is 0 Å². The van der Waals surface area contributed by atoms with Crippen LogP contribution in [-0.4, -0.2) is 18.9 Å². The van der Waals surface area contributed by atoms with Crippen LogP contribution in [0.25, 0.3) is 11.1 Å². The number of benzene rings is 2. The van der Waals surface area contributed by atoms with E-state index in [1.807, 2.05) is 0 Å². The van der Waals surface area contributed by atoms with Crippen molar-refractivity contribution >= 4 is 5.97 Å². The first-order valence-corrected chi connectivity index (χ1v) is 8.08. The maximum absolute atomic E-state index is 12.7. The SMILES string of the molecule is CCOC(=O)C[C@H](N)c1ccc(OC(F)(F)F)c(-c2ccccc2C)c1. The Balaban J connectivity index is 2.44. The molecule has 26 heavy (non-hydrogen) atoms. The minimum atomic E-state index is -4.81. The summed E-state index contributed by atoms with van der Waals surface area (Å²) in [5.74, 6) is -0.785. The van der Waals surface area contributed by atoms with Crippen molar-refractivity contribution in [2.24, 2.45) is 5.73 Å². The Morgan fingerprint density at radius 1 is 1.15 bits per heavy atom. The number of rotatable bonds is 6. The number of carbonyl (C=O) groups is 1. The van der Waals surface area contributed by atoms with Gasteiger partial charge in [-0.1, -0.05) is 30.3 Å². The third-order valence-corrected chi connectivity index (χ3v) is 3.78. The first-order valence-electron chi connectivity index (χ1n) is 8.08. The van der Waals surface area contributed by atoms with Gasteiger partial charge < -0.3 is 15.2 Å². The van der Waals surface area contributed by atoms with Crippen LogP contribution in [0.2, 0.25) is 0 Å². The van der Waals surface area contributed by atoms with E-state index in [2.05, 4.69) is 4.74 Å². The summed E-state index contributed by atoms with van der Waals surface area (Å²) in [6.45, 7) is 3.71. The van der Waals surface area contributed by atoms with Gasteiger partial charge in [0.2, 0.25) is 0 Å². The van der Waals surface area contributed by atoms with Gasteiger partial charge in [0.1, 0.15) is 5.75 Å². The number of hydrogen-bond donors (Lipinski definition) is 1. The molecule has 0 radical (unpaired) electrons. The smallest absolute Gasteiger partial charge is 0.466 e. The van der Waals surface area contributed by atoms with Gasteiger partial charge in [0.25, 0.3) is 0 Å². The fourth-order valence-corrected chi connectivity index (χ4v) is 2.59. The van der Waals surface area contributed by atoms with Gasteiger partial charge in [-0.3, -0.25) is 4.79 Å². The molecule has 7 heteroatoms. The van der Waals surface area contributed by atoms with Gasteiger partial charge in [-0.15, -0.1) is 13.2 Å². The lowest BCUT2D eigenvalue weighted by Gasteiger charge is -2.18. The fraction of sp³-hybridized carbons (Fsp3) is 0.316. The molecule has 0 aromatic heterocycles. The molecular weight excluding hydrogens is 347 g/mol. The molecule has 0 fully saturated rings. The molecule has 0 bridgehead atoms. The van der Waals surface area contributed by atoms with Crippen molar-refractivity contribution in [2.75, 3.05) is 6.61 Å². The summed E-state index contributed by atoms with van der Waals surface area (Å²) >= 11 is 0. The molecule has 0 aliphatic heterocycles. The van der Waals surface area contributed by atoms with E-state index in [0.717, 1.165) is 5.56 Å². The van der Waals surface area contributed by atoms with Crippen LogP contribution in [0.15, 0.2) is 42.5 Å². The van der Waals surface area contributed by atoms with Crippen molar-refractivity contribution in [2.45, 2.75) is 32.7 Å². The zero-order valence-electron chi connectivity index (χ0n) is 14.5. The largest absolute Gasteiger partial charge is 0.573 e. The summed E-state index contributed by atoms with van der Waals surface area (Å²) in [4.78, 5) is 11.6. The second-order valence-corrected chi connectivity index (χ2v) is 5.73. The molecule has 2 N–H and O–H groups in total. The van der Waals surface area contributed by atoms with E-state index in [4.69, 9.17) is 10.5 Å². The zero-order valence-corrected chi connectivity index (χ0v) is 14.5. The number of carbonyl (C=O) groups excluding carboxylic acids is 1. The summed E-state index contributed by atoms with van der Waals surface area (Å²) in [5, 5.41) is 0. The first kappa shape index (κ1) is 19.8. The highest BCUT2D eigenvalue weighted by Gasteiger charge is 2.32. The third kappa shape index (κ3) is 5.23. The van der Waals surface area contributed by atoms with Gasteiger partial charge in [-0.05, 0) is 42.7 Å². The maximum atomic E-state index is 12.7. The molecule has 2 aromatic rings. The zero-order chi connectivity index (χ0) is 19.3. The van der Waals surface area contributed by atoms with Crippen molar-refractivity contribution in [3.63, 3.8) is 0 Å². The Morgan fingerprint density at radius 3 is 2.46 bits per heavy atom. The summed E-state index contributed by atoms with van der Waals surface area (Å²) < 4.78 is 47.3. The number of hydrogen-bond acceptors (Lipinski definition) is 4. The van der Waals surface area contributed by atoms with E-state index in [-0.39, 0.29) is 24.3 Å². The Bertz CT molecular complexity index is 775. The molecule has 0 aliphatic carbocycles. The van der Waals surface area contributed by atoms with Crippen molar-refractivity contribution in [1.82, 2.24) is 0 Å². The van der Waals surface area contributed by atoms with Crippen LogP contribution in [0.1, 0.15) is 30.5 Å². The molecule has 0 unspecified atom stereocenters. The van der Waals surface area contributed by atoms with Crippen molar-refractivity contribution < 1.29 is 27.4 Å². The number of ether oxygens (including phenoxy) is 2. The molecule has 0 amide bonds. The molecule has 2 rings (SSSR count). The van der Waals surface area contributed by atoms with Gasteiger partial charge in [0.05, 0.1) is 13.0 Å². The fourth-order valence-electron chi connectivity index (χ4n) is 2.59. The van der Waals surface area contributed by atoms with E-state index in [1.165, 1.54) is 18.2 Å². The summed E-state index contributed by atoms with van der Waals surface area (Å²) in [6, 6.07) is 10.5. The van der Waals surface area contributed by atoms with E-state index < -0.39 is 18.4 Å². The number of alkyl halides is 3. The van der Waals surface area contributed by atoms with Crippen molar-refractivity contribution in [3.05, 3.63) is 53.6 Å². The standard InChI is InChI=1S/C19H20F3NO3/c1-3-25-18(24)11-16(23)13-8-9-17(26-19(20,21)22)15(10-13)14-7-5-4-6-12(14)2/h4-10,16H,3,11,23H2,1-2H3/t16-/m0/s1. The Hall–Kier alpha value is -2.54. The lowest BCUT2D eigenvalue weighted by molar-refractivity contribution is -0.274. The number of nitrogens with two attached hydrogens (primary N) is 1. The van der Waals surface area contributed by atoms with Crippen molar-refractivity contribution in [3.8, 4) is 16.9 Å². The van der Waals surface area contributed by atoms with E-state index in [9.17, 15) is 18.0 Å². The number of halogens is 3. The van der Waals surface area contributed by atoms with Crippen molar-refractivity contribution in [1.29, 1.82) is 0 Å². The van der Waals surface area contributed by atoms with Crippen LogP contribution in [0, 0.1) is 6.92 Å². The van der Waals surface area contributed by atoms with Gasteiger partial charge in [0, 0.05) is 11.6 Å². The Kier molecular flexibility index (Phi) is 6.26. The van der Waals surface area contributed by atoms with Crippen LogP contribution in [0.5, 0.6) is 5.75 Å². The quantitative estimate of drug-likeness (QED) is 0.763. The number of esters is 1. The minimum Gasteiger partial charge on any atom is -0.466 e. The first-order chi connectivity index (χ1) is 12.2. The molecule has 2 aromatic carbocycles. The van der Waals surface area contributed by atoms with Crippen LogP contribution < -0.4 is 10.5 Å². The molecule has 4 nitrogen and oxygen atoms in total. The van der Waals surface area contributed by atoms with E-state index in [0.29, 0.717) is 11.1 Å². The molecule has 0 saturated carbocycles. The highest BCUT2D eigenvalue weighted by atomic mass is 19.4. The normalized spacial score (nSPS) is 12.5. The highest BCUT2D eigenvalue weighted by Crippen LogP contribution is 2.37. The predicted octanol–water partition coefficient (Wildman–Crippen LogP) is 4.51. The lowest BCUT2D eigenvalue weighted by atomic mass is 9.95. The van der Waals surface area contributed by atoms with Crippen LogP contribution >= 0.6 is 0 Å². The number of aryl methyl sites for hydroxylation is 1. The van der Waals surface area contributed by atoms with E-state index in [1.54, 1.807) is 38.1 Å². The highest BCUT2D eigenvalue weighted by molar-refractivity contribution is 5.75. The molecule has 1 atom stereocenters. The average molecular weight is 367 g/mol. The molecular formula is C19H20F3NO3. The van der Waals surface area contributed by atoms with Crippen LogP contribution in [-0.2, 0) is 9.53 Å². The molecule has 0 saturated heterocycles. The second kappa shape index (κ2) is 8.23. The molecule has 0 spiro atoms. The van der Waals surface area contributed by atoms with Gasteiger partial charge >= 0.3 is 12.3 Å². The molecule has 140 valence electrons. The summed E-state index contributed by atoms with van der Waals surface area (Å²) in [5.41, 5.74) is 8.19. The second-order valence-electron chi connectivity index (χ2n) is 5.73. The monoisotopic (exact) mass is 367 g/mol. The molecule has 0 aliphatic rings. The van der Waals surface area contributed by atoms with Gasteiger partial charge in [-0.2, -0.15) is 0 Å². The Labute approximate surface area is 149 Å². The summed E-state index contributed by atoms with van der Waals surface area (Å²) in [6.07, 6.45) is -4.88. The Morgan fingerprint density at radius 2 is 1.85 bits per heavy atom. The van der Waals surface area contributed by atoms with Crippen LogP contribution in [0.4, 0.5) is 13.2 Å². The maximum Gasteiger partial charge on any atom is 0.573 e. The lowest BCUT2D eigenvalue weighted by Crippen LogP contribution is -2.19. The topological polar surface area (TPSA) is 61.5 Å². The van der Waals surface area contributed by atoms with Gasteiger partial charge in [0.15, 0.2) is 0 Å². The predicted molar refractivity (Wildman–Crippen MR) is 91.5 cm³/mol. The minimum absolute atomic E-state index is 0.0689. The third-order valence-electron chi connectivity index (χ3n) is 3.78.